The molecule has 1 aromatic heterocycles. The molecule has 11 heteroatoms. The van der Waals surface area contributed by atoms with Crippen LogP contribution in [0.15, 0.2) is 45.8 Å². The van der Waals surface area contributed by atoms with Crippen LogP contribution >= 0.6 is 34.7 Å². The molecule has 0 spiro atoms. The van der Waals surface area contributed by atoms with Crippen molar-refractivity contribution in [2.45, 2.75) is 24.8 Å². The Balaban J connectivity index is 1.57. The van der Waals surface area contributed by atoms with Gasteiger partial charge in [-0.15, -0.1) is 10.2 Å². The first kappa shape index (κ1) is 24.0. The van der Waals surface area contributed by atoms with Crippen molar-refractivity contribution in [3.8, 4) is 11.5 Å². The molecule has 0 radical (unpaired) electrons. The van der Waals surface area contributed by atoms with Gasteiger partial charge in [-0.25, -0.2) is 9.82 Å². The molecule has 0 bridgehead atoms. The molecule has 3 aromatic rings. The third kappa shape index (κ3) is 7.18. The average Bonchev–Trinajstić information content (AvgIpc) is 3.18. The second kappa shape index (κ2) is 11.8. The summed E-state index contributed by atoms with van der Waals surface area (Å²) < 4.78 is 25.4. The maximum atomic E-state index is 13.2. The van der Waals surface area contributed by atoms with Crippen LogP contribution in [-0.2, 0) is 11.4 Å². The molecule has 1 heterocycles. The van der Waals surface area contributed by atoms with Gasteiger partial charge >= 0.3 is 0 Å². The SMILES string of the molecule is CCOc1cc(/C=N\NC(=O)CSc2nnc(C)s2)ccc1OCc1ccc(F)cc1Cl. The number of carbonyl (C=O) groups is 1. The molecule has 0 saturated heterocycles. The van der Waals surface area contributed by atoms with Crippen LogP contribution in [0.3, 0.4) is 0 Å². The summed E-state index contributed by atoms with van der Waals surface area (Å²) in [6, 6.07) is 9.41. The van der Waals surface area contributed by atoms with Crippen molar-refractivity contribution in [2.75, 3.05) is 12.4 Å². The van der Waals surface area contributed by atoms with Crippen LogP contribution in [0.4, 0.5) is 4.39 Å². The summed E-state index contributed by atoms with van der Waals surface area (Å²) in [5, 5.41) is 13.0. The maximum Gasteiger partial charge on any atom is 0.250 e. The molecule has 2 aromatic carbocycles. The molecule has 0 aliphatic heterocycles. The van der Waals surface area contributed by atoms with E-state index in [1.54, 1.807) is 24.3 Å². The van der Waals surface area contributed by atoms with Gasteiger partial charge in [-0.1, -0.05) is 40.8 Å². The summed E-state index contributed by atoms with van der Waals surface area (Å²) in [5.74, 6) is 0.563. The Morgan fingerprint density at radius 3 is 2.81 bits per heavy atom. The highest BCUT2D eigenvalue weighted by Gasteiger charge is 2.09. The highest BCUT2D eigenvalue weighted by Crippen LogP contribution is 2.30. The lowest BCUT2D eigenvalue weighted by Gasteiger charge is -2.13. The second-order valence-electron chi connectivity index (χ2n) is 6.33. The normalized spacial score (nSPS) is 11.0. The van der Waals surface area contributed by atoms with Gasteiger partial charge in [0.1, 0.15) is 17.4 Å². The van der Waals surface area contributed by atoms with E-state index in [2.05, 4.69) is 20.7 Å². The van der Waals surface area contributed by atoms with E-state index >= 15 is 0 Å². The van der Waals surface area contributed by atoms with E-state index in [4.69, 9.17) is 21.1 Å². The smallest absolute Gasteiger partial charge is 0.250 e. The number of hydrazone groups is 1. The number of nitrogens with zero attached hydrogens (tertiary/aromatic N) is 3. The number of ether oxygens (including phenoxy) is 2. The number of nitrogens with one attached hydrogen (secondary N) is 1. The molecule has 1 amide bonds. The highest BCUT2D eigenvalue weighted by molar-refractivity contribution is 8.01. The summed E-state index contributed by atoms with van der Waals surface area (Å²) in [6.45, 7) is 4.32. The van der Waals surface area contributed by atoms with Crippen molar-refractivity contribution in [2.24, 2.45) is 5.10 Å². The number of aromatic nitrogens is 2. The minimum Gasteiger partial charge on any atom is -0.490 e. The van der Waals surface area contributed by atoms with Gasteiger partial charge in [0, 0.05) is 5.56 Å². The summed E-state index contributed by atoms with van der Waals surface area (Å²) in [7, 11) is 0. The molecule has 0 fully saturated rings. The Morgan fingerprint density at radius 2 is 2.09 bits per heavy atom. The van der Waals surface area contributed by atoms with Crippen LogP contribution in [-0.4, -0.2) is 34.7 Å². The highest BCUT2D eigenvalue weighted by atomic mass is 35.5. The molecular weight excluding hydrogens is 475 g/mol. The van der Waals surface area contributed by atoms with Crippen molar-refractivity contribution in [1.29, 1.82) is 0 Å². The Bertz CT molecular complexity index is 1110. The Morgan fingerprint density at radius 1 is 1.25 bits per heavy atom. The number of benzene rings is 2. The van der Waals surface area contributed by atoms with Gasteiger partial charge in [0.15, 0.2) is 15.8 Å². The van der Waals surface area contributed by atoms with Crippen LogP contribution < -0.4 is 14.9 Å². The van der Waals surface area contributed by atoms with Gasteiger partial charge in [0.05, 0.1) is 23.6 Å². The topological polar surface area (TPSA) is 85.7 Å². The van der Waals surface area contributed by atoms with Gasteiger partial charge in [0.2, 0.25) is 0 Å². The third-order valence-corrected chi connectivity index (χ3v) is 6.23. The third-order valence-electron chi connectivity index (χ3n) is 3.90. The standard InChI is InChI=1S/C21H20ClFN4O3S2/c1-3-29-19-8-14(10-24-26-20(28)12-31-21-27-25-13(2)32-21)4-7-18(19)30-11-15-5-6-16(23)9-17(15)22/h4-10H,3,11-12H2,1-2H3,(H,26,28)/b24-10-. The minimum absolute atomic E-state index is 0.161. The summed E-state index contributed by atoms with van der Waals surface area (Å²) in [6.07, 6.45) is 1.51. The molecule has 32 heavy (non-hydrogen) atoms. The van der Waals surface area contributed by atoms with Crippen LogP contribution in [0, 0.1) is 12.7 Å². The van der Waals surface area contributed by atoms with Gasteiger partial charge in [-0.05, 0) is 49.7 Å². The summed E-state index contributed by atoms with van der Waals surface area (Å²) in [5.41, 5.74) is 3.85. The fourth-order valence-corrected chi connectivity index (χ4v) is 4.29. The number of hydrogen-bond acceptors (Lipinski definition) is 8. The van der Waals surface area contributed by atoms with Crippen LogP contribution in [0.25, 0.3) is 0 Å². The first-order valence-corrected chi connectivity index (χ1v) is 11.7. The molecule has 3 rings (SSSR count). The minimum atomic E-state index is -0.404. The molecule has 0 atom stereocenters. The number of amides is 1. The molecule has 0 saturated carbocycles. The van der Waals surface area contributed by atoms with E-state index in [1.165, 1.54) is 41.4 Å². The monoisotopic (exact) mass is 494 g/mol. The van der Waals surface area contributed by atoms with Crippen LogP contribution in [0.1, 0.15) is 23.1 Å². The van der Waals surface area contributed by atoms with Gasteiger partial charge < -0.3 is 9.47 Å². The predicted octanol–water partition coefficient (Wildman–Crippen LogP) is 4.86. The van der Waals surface area contributed by atoms with Crippen molar-refractivity contribution in [3.05, 3.63) is 63.4 Å². The lowest BCUT2D eigenvalue weighted by atomic mass is 10.2. The van der Waals surface area contributed by atoms with Crippen LogP contribution in [0.2, 0.25) is 5.02 Å². The quantitative estimate of drug-likeness (QED) is 0.246. The van der Waals surface area contributed by atoms with E-state index in [-0.39, 0.29) is 18.3 Å². The van der Waals surface area contributed by atoms with Gasteiger partial charge in [-0.3, -0.25) is 4.79 Å². The summed E-state index contributed by atoms with van der Waals surface area (Å²) >= 11 is 8.79. The second-order valence-corrected chi connectivity index (χ2v) is 9.14. The molecule has 1 N–H and O–H groups in total. The largest absolute Gasteiger partial charge is 0.490 e. The van der Waals surface area contributed by atoms with E-state index < -0.39 is 5.82 Å². The predicted molar refractivity (Wildman–Crippen MR) is 124 cm³/mol. The lowest BCUT2D eigenvalue weighted by molar-refractivity contribution is -0.118. The number of hydrogen-bond donors (Lipinski definition) is 1. The molecule has 168 valence electrons. The maximum absolute atomic E-state index is 13.2. The molecule has 7 nitrogen and oxygen atoms in total. The molecule has 0 unspecified atom stereocenters. The van der Waals surface area contributed by atoms with E-state index in [1.807, 2.05) is 13.8 Å². The Labute approximate surface area is 198 Å². The fourth-order valence-electron chi connectivity index (χ4n) is 2.46. The number of aryl methyl sites for hydroxylation is 1. The first-order valence-electron chi connectivity index (χ1n) is 9.53. The zero-order valence-electron chi connectivity index (χ0n) is 17.3. The number of halogens is 2. The van der Waals surface area contributed by atoms with Gasteiger partial charge in [-0.2, -0.15) is 5.10 Å². The average molecular weight is 495 g/mol. The van der Waals surface area contributed by atoms with Crippen LogP contribution in [0.5, 0.6) is 11.5 Å². The number of rotatable bonds is 10. The summed E-state index contributed by atoms with van der Waals surface area (Å²) in [4.78, 5) is 11.9. The van der Waals surface area contributed by atoms with Crippen molar-refractivity contribution < 1.29 is 18.7 Å². The lowest BCUT2D eigenvalue weighted by Crippen LogP contribution is -2.19. The Hall–Kier alpha value is -2.69. The van der Waals surface area contributed by atoms with E-state index in [0.717, 1.165) is 9.35 Å². The number of carbonyl (C=O) groups excluding carboxylic acids is 1. The fraction of sp³-hybridized carbons (Fsp3) is 0.238. The number of thioether (sulfide) groups is 1. The zero-order chi connectivity index (χ0) is 22.9. The zero-order valence-corrected chi connectivity index (χ0v) is 19.7. The van der Waals surface area contributed by atoms with Crippen molar-refractivity contribution in [3.63, 3.8) is 0 Å². The first-order chi connectivity index (χ1) is 15.4. The molecular formula is C21H20ClFN4O3S2. The van der Waals surface area contributed by atoms with Crippen molar-refractivity contribution in [1.82, 2.24) is 15.6 Å². The molecule has 0 aliphatic carbocycles. The Kier molecular flexibility index (Phi) is 8.83. The molecule has 0 aliphatic rings. The van der Waals surface area contributed by atoms with E-state index in [0.29, 0.717) is 34.3 Å². The van der Waals surface area contributed by atoms with Gasteiger partial charge in [0.25, 0.3) is 5.91 Å². The van der Waals surface area contributed by atoms with E-state index in [9.17, 15) is 9.18 Å². The van der Waals surface area contributed by atoms with Crippen molar-refractivity contribution >= 4 is 46.8 Å².